The summed E-state index contributed by atoms with van der Waals surface area (Å²) < 4.78 is 30.3. The lowest BCUT2D eigenvalue weighted by Crippen LogP contribution is -2.39. The van der Waals surface area contributed by atoms with Gasteiger partial charge in [-0.25, -0.2) is 8.42 Å². The molecule has 0 aliphatic carbocycles. The van der Waals surface area contributed by atoms with Crippen molar-refractivity contribution in [1.29, 1.82) is 0 Å². The Kier molecular flexibility index (Phi) is 5.65. The molecule has 0 radical (unpaired) electrons. The van der Waals surface area contributed by atoms with Gasteiger partial charge in [0.2, 0.25) is 10.0 Å². The van der Waals surface area contributed by atoms with Gasteiger partial charge in [0.25, 0.3) is 5.91 Å². The van der Waals surface area contributed by atoms with Crippen LogP contribution in [0.15, 0.2) is 52.4 Å². The van der Waals surface area contributed by atoms with Gasteiger partial charge in [-0.15, -0.1) is 0 Å². The summed E-state index contributed by atoms with van der Waals surface area (Å²) >= 11 is 1.46. The van der Waals surface area contributed by atoms with Gasteiger partial charge in [0.1, 0.15) is 0 Å². The van der Waals surface area contributed by atoms with Crippen LogP contribution in [0.5, 0.6) is 0 Å². The van der Waals surface area contributed by atoms with Gasteiger partial charge >= 0.3 is 0 Å². The van der Waals surface area contributed by atoms with E-state index in [1.165, 1.54) is 23.5 Å². The fraction of sp³-hybridized carbons (Fsp3) is 0.364. The van der Waals surface area contributed by atoms with Crippen molar-refractivity contribution in [3.05, 3.63) is 58.4 Å². The highest BCUT2D eigenvalue weighted by Crippen LogP contribution is 2.24. The average Bonchev–Trinajstić information content (AvgIpc) is 3.04. The van der Waals surface area contributed by atoms with Crippen LogP contribution in [0.3, 0.4) is 0 Å². The van der Waals surface area contributed by atoms with E-state index in [0.29, 0.717) is 29.4 Å². The fourth-order valence-electron chi connectivity index (χ4n) is 3.94. The predicted molar refractivity (Wildman–Crippen MR) is 119 cm³/mol. The zero-order chi connectivity index (χ0) is 21.5. The molecule has 0 unspecified atom stereocenters. The SMILES string of the molecule is Cc1cccc2sc(=NC(=O)c3ccc(S(=O)(=O)N4CCC[C@H](C)C4)cc3)n(C)c12. The van der Waals surface area contributed by atoms with Crippen molar-refractivity contribution in [2.45, 2.75) is 31.6 Å². The second kappa shape index (κ2) is 8.09. The first kappa shape index (κ1) is 21.0. The molecule has 3 aromatic rings. The van der Waals surface area contributed by atoms with Gasteiger partial charge < -0.3 is 4.57 Å². The highest BCUT2D eigenvalue weighted by atomic mass is 32.2. The van der Waals surface area contributed by atoms with E-state index < -0.39 is 10.0 Å². The molecule has 6 nitrogen and oxygen atoms in total. The number of carbonyl (C=O) groups is 1. The number of benzene rings is 2. The van der Waals surface area contributed by atoms with Crippen molar-refractivity contribution in [3.63, 3.8) is 0 Å². The van der Waals surface area contributed by atoms with E-state index in [4.69, 9.17) is 0 Å². The van der Waals surface area contributed by atoms with Gasteiger partial charge in [0.15, 0.2) is 4.80 Å². The monoisotopic (exact) mass is 443 g/mol. The van der Waals surface area contributed by atoms with E-state index in [-0.39, 0.29) is 10.8 Å². The number of piperidine rings is 1. The van der Waals surface area contributed by atoms with Gasteiger partial charge in [-0.1, -0.05) is 30.4 Å². The number of para-hydroxylation sites is 1. The average molecular weight is 444 g/mol. The summed E-state index contributed by atoms with van der Waals surface area (Å²) in [6, 6.07) is 12.1. The smallest absolute Gasteiger partial charge is 0.279 e. The molecule has 30 heavy (non-hydrogen) atoms. The molecular weight excluding hydrogens is 418 g/mol. The summed E-state index contributed by atoms with van der Waals surface area (Å²) in [4.78, 5) is 17.8. The Labute approximate surface area is 180 Å². The second-order valence-corrected chi connectivity index (χ2v) is 10.9. The van der Waals surface area contributed by atoms with E-state index in [0.717, 1.165) is 28.6 Å². The number of amides is 1. The molecule has 1 aromatic heterocycles. The van der Waals surface area contributed by atoms with E-state index in [1.54, 1.807) is 16.4 Å². The number of hydrogen-bond acceptors (Lipinski definition) is 4. The molecule has 2 aromatic carbocycles. The Hall–Kier alpha value is -2.29. The maximum atomic E-state index is 12.9. The van der Waals surface area contributed by atoms with Gasteiger partial charge in [-0.3, -0.25) is 4.79 Å². The first-order chi connectivity index (χ1) is 14.3. The van der Waals surface area contributed by atoms with Crippen LogP contribution in [0.25, 0.3) is 10.2 Å². The van der Waals surface area contributed by atoms with Crippen LogP contribution in [0.2, 0.25) is 0 Å². The molecule has 2 heterocycles. The summed E-state index contributed by atoms with van der Waals surface area (Å²) in [6.45, 7) is 5.19. The summed E-state index contributed by atoms with van der Waals surface area (Å²) in [5, 5.41) is 0. The van der Waals surface area contributed by atoms with Crippen molar-refractivity contribution in [2.24, 2.45) is 18.0 Å². The zero-order valence-corrected chi connectivity index (χ0v) is 19.0. The highest BCUT2D eigenvalue weighted by molar-refractivity contribution is 7.89. The number of nitrogens with zero attached hydrogens (tertiary/aromatic N) is 3. The zero-order valence-electron chi connectivity index (χ0n) is 17.3. The number of sulfonamides is 1. The molecular formula is C22H25N3O3S2. The minimum Gasteiger partial charge on any atom is -0.319 e. The van der Waals surface area contributed by atoms with Gasteiger partial charge in [-0.05, 0) is 61.6 Å². The van der Waals surface area contributed by atoms with E-state index in [9.17, 15) is 13.2 Å². The predicted octanol–water partition coefficient (Wildman–Crippen LogP) is 3.71. The molecule has 158 valence electrons. The lowest BCUT2D eigenvalue weighted by Gasteiger charge is -2.30. The third-order valence-electron chi connectivity index (χ3n) is 5.58. The van der Waals surface area contributed by atoms with Crippen LogP contribution in [-0.4, -0.2) is 36.3 Å². The molecule has 1 fully saturated rings. The third kappa shape index (κ3) is 3.87. The van der Waals surface area contributed by atoms with Gasteiger partial charge in [0.05, 0.1) is 15.1 Å². The largest absolute Gasteiger partial charge is 0.319 e. The van der Waals surface area contributed by atoms with Crippen LogP contribution in [0.1, 0.15) is 35.7 Å². The Balaban J connectivity index is 1.62. The minimum absolute atomic E-state index is 0.219. The standard InChI is InChI=1S/C22H25N3O3S2/c1-15-6-5-13-25(14-15)30(27,28)18-11-9-17(10-12-18)21(26)23-22-24(3)20-16(2)7-4-8-19(20)29-22/h4,7-12,15H,5-6,13-14H2,1-3H3/t15-/m0/s1. The fourth-order valence-corrected chi connectivity index (χ4v) is 6.63. The van der Waals surface area contributed by atoms with Gasteiger partial charge in [-0.2, -0.15) is 9.30 Å². The number of aryl methyl sites for hydroxylation is 2. The van der Waals surface area contributed by atoms with E-state index >= 15 is 0 Å². The highest BCUT2D eigenvalue weighted by Gasteiger charge is 2.28. The maximum Gasteiger partial charge on any atom is 0.279 e. The Morgan fingerprint density at radius 2 is 1.90 bits per heavy atom. The van der Waals surface area contributed by atoms with E-state index in [1.807, 2.05) is 36.7 Å². The quantitative estimate of drug-likeness (QED) is 0.620. The molecule has 8 heteroatoms. The number of hydrogen-bond donors (Lipinski definition) is 0. The molecule has 1 aliphatic heterocycles. The Morgan fingerprint density at radius 3 is 2.57 bits per heavy atom. The Bertz CT molecular complexity index is 1270. The van der Waals surface area contributed by atoms with Crippen LogP contribution in [0, 0.1) is 12.8 Å². The second-order valence-electron chi connectivity index (χ2n) is 7.92. The van der Waals surface area contributed by atoms with Crippen molar-refractivity contribution >= 4 is 37.5 Å². The first-order valence-electron chi connectivity index (χ1n) is 10.0. The molecule has 4 rings (SSSR count). The maximum absolute atomic E-state index is 12.9. The molecule has 1 amide bonds. The Morgan fingerprint density at radius 1 is 1.17 bits per heavy atom. The summed E-state index contributed by atoms with van der Waals surface area (Å²) in [6.07, 6.45) is 1.93. The number of rotatable bonds is 3. The van der Waals surface area contributed by atoms with Crippen molar-refractivity contribution in [3.8, 4) is 0 Å². The van der Waals surface area contributed by atoms with Crippen LogP contribution in [0.4, 0.5) is 0 Å². The van der Waals surface area contributed by atoms with Crippen LogP contribution < -0.4 is 4.80 Å². The lowest BCUT2D eigenvalue weighted by atomic mass is 10.0. The normalized spacial score (nSPS) is 18.8. The molecule has 1 aliphatic rings. The molecule has 0 saturated carbocycles. The number of carbonyl (C=O) groups excluding carboxylic acids is 1. The summed E-state index contributed by atoms with van der Waals surface area (Å²) in [5.74, 6) is -0.0239. The van der Waals surface area contributed by atoms with Crippen molar-refractivity contribution < 1.29 is 13.2 Å². The third-order valence-corrected chi connectivity index (χ3v) is 8.56. The summed E-state index contributed by atoms with van der Waals surface area (Å²) in [7, 11) is -1.64. The summed E-state index contributed by atoms with van der Waals surface area (Å²) in [5.41, 5.74) is 2.56. The molecule has 0 spiro atoms. The lowest BCUT2D eigenvalue weighted by molar-refractivity contribution is 0.0998. The topological polar surface area (TPSA) is 71.7 Å². The number of aromatic nitrogens is 1. The minimum atomic E-state index is -3.54. The van der Waals surface area contributed by atoms with Gasteiger partial charge in [0, 0.05) is 25.7 Å². The van der Waals surface area contributed by atoms with Crippen LogP contribution in [-0.2, 0) is 17.1 Å². The molecule has 1 atom stereocenters. The van der Waals surface area contributed by atoms with Crippen molar-refractivity contribution in [2.75, 3.05) is 13.1 Å². The number of fused-ring (bicyclic) bond motifs is 1. The van der Waals surface area contributed by atoms with Crippen LogP contribution >= 0.6 is 11.3 Å². The number of thiazole rings is 1. The molecule has 1 saturated heterocycles. The molecule has 0 bridgehead atoms. The molecule has 0 N–H and O–H groups in total. The van der Waals surface area contributed by atoms with E-state index in [2.05, 4.69) is 11.9 Å². The first-order valence-corrected chi connectivity index (χ1v) is 12.3. The van der Waals surface area contributed by atoms with Crippen molar-refractivity contribution in [1.82, 2.24) is 8.87 Å².